The molecule has 3 aliphatic heterocycles. The first kappa shape index (κ1) is 33.2. The lowest BCUT2D eigenvalue weighted by atomic mass is 9.92. The highest BCUT2D eigenvalue weighted by atomic mass is 32.1. The average molecular weight is 704 g/mol. The van der Waals surface area contributed by atoms with Gasteiger partial charge in [0.2, 0.25) is 5.91 Å². The second-order valence-electron chi connectivity index (χ2n) is 12.9. The molecule has 2 aromatic heterocycles. The molecular formula is C33H31F6N7O2S. The van der Waals surface area contributed by atoms with Crippen molar-refractivity contribution in [2.75, 3.05) is 50.5 Å². The van der Waals surface area contributed by atoms with Crippen molar-refractivity contribution in [3.63, 3.8) is 0 Å². The summed E-state index contributed by atoms with van der Waals surface area (Å²) in [6.07, 6.45) is -4.41. The topological polar surface area (TPSA) is 112 Å². The van der Waals surface area contributed by atoms with E-state index in [4.69, 9.17) is 10.5 Å². The molecule has 0 aliphatic carbocycles. The Kier molecular flexibility index (Phi) is 8.05. The number of halogens is 6. The summed E-state index contributed by atoms with van der Waals surface area (Å²) < 4.78 is 97.0. The summed E-state index contributed by atoms with van der Waals surface area (Å²) in [5, 5.41) is 9.13. The number of hydrogen-bond acceptors (Lipinski definition) is 9. The third-order valence-corrected chi connectivity index (χ3v) is 11.1. The number of rotatable bonds is 7. The smallest absolute Gasteiger partial charge is 0.417 e. The minimum Gasteiger partial charge on any atom is -0.461 e. The molecule has 2 N–H and O–H groups in total. The van der Waals surface area contributed by atoms with Crippen LogP contribution in [-0.4, -0.2) is 83.3 Å². The average Bonchev–Trinajstić information content (AvgIpc) is 3.80. The number of anilines is 2. The van der Waals surface area contributed by atoms with Crippen LogP contribution in [0.2, 0.25) is 0 Å². The van der Waals surface area contributed by atoms with Crippen molar-refractivity contribution in [2.45, 2.75) is 56.5 Å². The number of nitrogens with two attached hydrogens (primary N) is 1. The van der Waals surface area contributed by atoms with Crippen LogP contribution < -0.4 is 15.4 Å². The number of alkyl halides is 4. The Hall–Kier alpha value is -4.36. The Morgan fingerprint density at radius 3 is 2.71 bits per heavy atom. The van der Waals surface area contributed by atoms with Gasteiger partial charge in [-0.3, -0.25) is 9.69 Å². The number of nitrogens with zero attached hydrogens (tertiary/aromatic N) is 6. The van der Waals surface area contributed by atoms with E-state index >= 15 is 4.39 Å². The zero-order valence-electron chi connectivity index (χ0n) is 26.5. The highest BCUT2D eigenvalue weighted by Crippen LogP contribution is 2.48. The molecule has 7 rings (SSSR count). The first-order chi connectivity index (χ1) is 23.3. The van der Waals surface area contributed by atoms with Crippen molar-refractivity contribution in [3.8, 4) is 23.2 Å². The maximum atomic E-state index is 17.0. The van der Waals surface area contributed by atoms with Crippen LogP contribution in [0.5, 0.6) is 6.01 Å². The number of aromatic nitrogens is 2. The molecule has 49 heavy (non-hydrogen) atoms. The monoisotopic (exact) mass is 703 g/mol. The van der Waals surface area contributed by atoms with Gasteiger partial charge in [0.25, 0.3) is 0 Å². The summed E-state index contributed by atoms with van der Waals surface area (Å²) >= 11 is 0.674. The van der Waals surface area contributed by atoms with Gasteiger partial charge in [0, 0.05) is 55.9 Å². The van der Waals surface area contributed by atoms with E-state index in [2.05, 4.69) is 9.97 Å². The molecule has 2 aromatic carbocycles. The lowest BCUT2D eigenvalue weighted by Crippen LogP contribution is -2.43. The fraction of sp³-hybridized carbons (Fsp3) is 0.455. The highest BCUT2D eigenvalue weighted by Gasteiger charge is 2.49. The largest absolute Gasteiger partial charge is 0.461 e. The molecule has 3 fully saturated rings. The second-order valence-corrected chi connectivity index (χ2v) is 13.9. The van der Waals surface area contributed by atoms with Crippen molar-refractivity contribution < 1.29 is 35.9 Å². The van der Waals surface area contributed by atoms with E-state index in [9.17, 15) is 32.0 Å². The molecule has 3 aliphatic rings. The minimum atomic E-state index is -5.12. The molecule has 3 saturated heterocycles. The van der Waals surface area contributed by atoms with E-state index in [0.29, 0.717) is 30.8 Å². The molecule has 3 unspecified atom stereocenters. The summed E-state index contributed by atoms with van der Waals surface area (Å²) in [5.74, 6) is -2.46. The van der Waals surface area contributed by atoms with Gasteiger partial charge in [-0.05, 0) is 44.0 Å². The van der Waals surface area contributed by atoms with Gasteiger partial charge in [-0.2, -0.15) is 28.4 Å². The normalized spacial score (nSPS) is 22.8. The number of nitrogen functional groups attached to an aromatic ring is 1. The van der Waals surface area contributed by atoms with Gasteiger partial charge in [-0.1, -0.05) is 6.07 Å². The van der Waals surface area contributed by atoms with Gasteiger partial charge < -0.3 is 20.3 Å². The Balaban J connectivity index is 1.45. The van der Waals surface area contributed by atoms with Crippen LogP contribution in [0.4, 0.5) is 37.2 Å². The van der Waals surface area contributed by atoms with Crippen LogP contribution in [0.25, 0.3) is 32.1 Å². The maximum absolute atomic E-state index is 17.0. The van der Waals surface area contributed by atoms with Gasteiger partial charge in [0.1, 0.15) is 41.0 Å². The van der Waals surface area contributed by atoms with Gasteiger partial charge >= 0.3 is 12.2 Å². The fourth-order valence-corrected chi connectivity index (χ4v) is 8.61. The summed E-state index contributed by atoms with van der Waals surface area (Å²) in [4.78, 5) is 26.5. The third-order valence-electron chi connectivity index (χ3n) is 10.1. The van der Waals surface area contributed by atoms with Crippen LogP contribution in [-0.2, 0) is 11.0 Å². The fourth-order valence-electron chi connectivity index (χ4n) is 7.66. The number of thiophene rings is 1. The van der Waals surface area contributed by atoms with Crippen molar-refractivity contribution in [2.24, 2.45) is 0 Å². The van der Waals surface area contributed by atoms with Crippen molar-refractivity contribution in [1.29, 1.82) is 5.26 Å². The van der Waals surface area contributed by atoms with Crippen molar-refractivity contribution in [1.82, 2.24) is 19.8 Å². The number of likely N-dealkylation sites (N-methyl/N-ethyl adjacent to an activating group) is 2. The molecule has 16 heteroatoms. The number of amides is 1. The van der Waals surface area contributed by atoms with Crippen LogP contribution in [0.3, 0.4) is 0 Å². The molecule has 258 valence electrons. The summed E-state index contributed by atoms with van der Waals surface area (Å²) in [6.45, 7) is 3.40. The molecule has 3 atom stereocenters. The second kappa shape index (κ2) is 11.9. The van der Waals surface area contributed by atoms with Crippen molar-refractivity contribution in [3.05, 3.63) is 41.0 Å². The van der Waals surface area contributed by atoms with Gasteiger partial charge in [-0.25, -0.2) is 13.2 Å². The highest BCUT2D eigenvalue weighted by molar-refractivity contribution is 7.23. The number of ether oxygens (including phenoxy) is 1. The van der Waals surface area contributed by atoms with Gasteiger partial charge in [0.05, 0.1) is 27.4 Å². The molecule has 1 amide bonds. The van der Waals surface area contributed by atoms with Crippen LogP contribution in [0, 0.1) is 23.0 Å². The zero-order valence-corrected chi connectivity index (χ0v) is 27.3. The first-order valence-corrected chi connectivity index (χ1v) is 16.6. The lowest BCUT2D eigenvalue weighted by molar-refractivity contribution is -0.137. The SMILES string of the molecule is CCN1CC(N(C)c2nc(OCC34CCCN3CC(F)C4)nc3c(F)c(-c4ccc(F)c5sc(N)c(C#N)c45)c(C(F)(F)F)cc23)CC1=O. The molecule has 0 radical (unpaired) electrons. The Morgan fingerprint density at radius 1 is 1.24 bits per heavy atom. The van der Waals surface area contributed by atoms with Crippen LogP contribution in [0.1, 0.15) is 43.7 Å². The summed E-state index contributed by atoms with van der Waals surface area (Å²) in [6, 6.07) is 3.59. The summed E-state index contributed by atoms with van der Waals surface area (Å²) in [7, 11) is 1.56. The number of likely N-dealkylation sites (tertiary alicyclic amines) is 1. The van der Waals surface area contributed by atoms with Gasteiger partial charge in [0.15, 0.2) is 5.82 Å². The molecule has 0 bridgehead atoms. The van der Waals surface area contributed by atoms with Gasteiger partial charge in [-0.15, -0.1) is 11.3 Å². The standard InChI is InChI=1S/C33H31F6N7O2S/c1-3-45-14-17(9-23(45)47)44(2)30-19-10-21(33(37,38)39)25(18-5-6-22(35)28-24(18)20(12-40)29(41)49-28)26(36)27(19)42-31(43-30)48-15-32-7-4-8-46(32)13-16(34)11-32/h5-6,10,16-17H,3-4,7-9,11,13-15,41H2,1-2H3. The Morgan fingerprint density at radius 2 is 2.02 bits per heavy atom. The van der Waals surface area contributed by atoms with E-state index in [-0.39, 0.29) is 81.9 Å². The van der Waals surface area contributed by atoms with E-state index in [0.717, 1.165) is 24.6 Å². The third kappa shape index (κ3) is 5.38. The molecule has 5 heterocycles. The quantitative estimate of drug-likeness (QED) is 0.224. The van der Waals surface area contributed by atoms with E-state index in [1.54, 1.807) is 18.9 Å². The van der Waals surface area contributed by atoms with E-state index in [1.165, 1.54) is 4.90 Å². The summed E-state index contributed by atoms with van der Waals surface area (Å²) in [5.41, 5.74) is 1.80. The number of hydrogen-bond donors (Lipinski definition) is 1. The number of carbonyl (C=O) groups excluding carboxylic acids is 1. The first-order valence-electron chi connectivity index (χ1n) is 15.8. The van der Waals surface area contributed by atoms with E-state index in [1.807, 2.05) is 11.0 Å². The Bertz CT molecular complexity index is 2050. The molecular weight excluding hydrogens is 672 g/mol. The van der Waals surface area contributed by atoms with Crippen molar-refractivity contribution >= 4 is 49.1 Å². The number of nitriles is 1. The number of carbonyl (C=O) groups is 1. The molecule has 9 nitrogen and oxygen atoms in total. The van der Waals surface area contributed by atoms with Crippen LogP contribution in [0.15, 0.2) is 18.2 Å². The Labute approximate surface area is 280 Å². The molecule has 0 saturated carbocycles. The number of benzene rings is 2. The molecule has 4 aromatic rings. The van der Waals surface area contributed by atoms with Crippen LogP contribution >= 0.6 is 11.3 Å². The van der Waals surface area contributed by atoms with E-state index < -0.39 is 52.2 Å². The maximum Gasteiger partial charge on any atom is 0.417 e. The zero-order chi connectivity index (χ0) is 35.0. The number of fused-ring (bicyclic) bond motifs is 3. The molecule has 0 spiro atoms. The minimum absolute atomic E-state index is 0.0268. The predicted molar refractivity (Wildman–Crippen MR) is 172 cm³/mol. The predicted octanol–water partition coefficient (Wildman–Crippen LogP) is 6.27. The lowest BCUT2D eigenvalue weighted by Gasteiger charge is -2.31.